The fourth-order valence-corrected chi connectivity index (χ4v) is 1.04. The first-order valence-corrected chi connectivity index (χ1v) is 5.72. The van der Waals surface area contributed by atoms with Gasteiger partial charge in [-0.2, -0.15) is 0 Å². The maximum absolute atomic E-state index is 11.4. The van der Waals surface area contributed by atoms with Gasteiger partial charge in [-0.1, -0.05) is 43.6 Å². The topological polar surface area (TPSA) is 29.1 Å². The van der Waals surface area contributed by atoms with E-state index in [1.165, 1.54) is 0 Å². The number of hydrogen-bond donors (Lipinski definition) is 1. The molecule has 0 radical (unpaired) electrons. The fraction of sp³-hybridized carbons (Fsp3) is 0.900. The first kappa shape index (κ1) is 12.9. The lowest BCUT2D eigenvalue weighted by Gasteiger charge is -2.18. The van der Waals surface area contributed by atoms with Gasteiger partial charge < -0.3 is 5.32 Å². The molecule has 3 heteroatoms. The zero-order chi connectivity index (χ0) is 10.5. The molecule has 13 heavy (non-hydrogen) atoms. The SMILES string of the molecule is CCC(Br)CCNC(=O)C(C)(C)C. The number of halogens is 1. The van der Waals surface area contributed by atoms with Crippen molar-refractivity contribution in [3.05, 3.63) is 0 Å². The van der Waals surface area contributed by atoms with E-state index in [9.17, 15) is 4.79 Å². The molecule has 0 aromatic rings. The van der Waals surface area contributed by atoms with Crippen molar-refractivity contribution >= 4 is 21.8 Å². The molecule has 0 saturated heterocycles. The van der Waals surface area contributed by atoms with E-state index in [1.807, 2.05) is 20.8 Å². The van der Waals surface area contributed by atoms with Gasteiger partial charge in [0.05, 0.1) is 0 Å². The van der Waals surface area contributed by atoms with E-state index in [2.05, 4.69) is 28.2 Å². The maximum atomic E-state index is 11.4. The van der Waals surface area contributed by atoms with Crippen LogP contribution >= 0.6 is 15.9 Å². The molecule has 0 saturated carbocycles. The molecule has 1 amide bonds. The van der Waals surface area contributed by atoms with Crippen molar-refractivity contribution in [2.45, 2.75) is 45.4 Å². The highest BCUT2D eigenvalue weighted by Gasteiger charge is 2.20. The lowest BCUT2D eigenvalue weighted by molar-refractivity contribution is -0.128. The Bertz CT molecular complexity index is 163. The summed E-state index contributed by atoms with van der Waals surface area (Å²) in [4.78, 5) is 11.9. The van der Waals surface area contributed by atoms with Gasteiger partial charge in [0.1, 0.15) is 0 Å². The number of carbonyl (C=O) groups excluding carboxylic acids is 1. The first-order chi connectivity index (χ1) is 5.88. The average Bonchev–Trinajstić information content (AvgIpc) is 2.02. The van der Waals surface area contributed by atoms with Gasteiger partial charge in [0.25, 0.3) is 0 Å². The number of hydrogen-bond acceptors (Lipinski definition) is 1. The molecule has 1 N–H and O–H groups in total. The molecule has 78 valence electrons. The Morgan fingerprint density at radius 1 is 1.46 bits per heavy atom. The zero-order valence-corrected chi connectivity index (χ0v) is 10.6. The summed E-state index contributed by atoms with van der Waals surface area (Å²) in [6.45, 7) is 8.67. The number of carbonyl (C=O) groups is 1. The minimum Gasteiger partial charge on any atom is -0.356 e. The Hall–Kier alpha value is -0.0500. The largest absolute Gasteiger partial charge is 0.356 e. The van der Waals surface area contributed by atoms with Gasteiger partial charge in [-0.15, -0.1) is 0 Å². The van der Waals surface area contributed by atoms with Crippen LogP contribution in [-0.2, 0) is 4.79 Å². The first-order valence-electron chi connectivity index (χ1n) is 4.80. The van der Waals surface area contributed by atoms with Crippen LogP contribution in [0.1, 0.15) is 40.5 Å². The summed E-state index contributed by atoms with van der Waals surface area (Å²) in [7, 11) is 0. The van der Waals surface area contributed by atoms with Crippen molar-refractivity contribution in [2.75, 3.05) is 6.54 Å². The summed E-state index contributed by atoms with van der Waals surface area (Å²) in [5.41, 5.74) is -0.270. The summed E-state index contributed by atoms with van der Waals surface area (Å²) in [5.74, 6) is 0.128. The lowest BCUT2D eigenvalue weighted by atomic mass is 9.96. The van der Waals surface area contributed by atoms with Crippen molar-refractivity contribution in [1.29, 1.82) is 0 Å². The molecule has 0 aromatic carbocycles. The van der Waals surface area contributed by atoms with Crippen molar-refractivity contribution < 1.29 is 4.79 Å². The summed E-state index contributed by atoms with van der Waals surface area (Å²) in [5, 5.41) is 2.92. The number of alkyl halides is 1. The molecule has 0 aliphatic heterocycles. The highest BCUT2D eigenvalue weighted by atomic mass is 79.9. The molecule has 1 atom stereocenters. The molecule has 0 spiro atoms. The van der Waals surface area contributed by atoms with Crippen molar-refractivity contribution in [1.82, 2.24) is 5.32 Å². The average molecular weight is 250 g/mol. The number of nitrogens with one attached hydrogen (secondary N) is 1. The molecule has 0 fully saturated rings. The highest BCUT2D eigenvalue weighted by molar-refractivity contribution is 9.09. The van der Waals surface area contributed by atoms with Gasteiger partial charge in [0.2, 0.25) is 5.91 Å². The van der Waals surface area contributed by atoms with Crippen LogP contribution in [0.3, 0.4) is 0 Å². The normalized spacial score (nSPS) is 13.9. The predicted octanol–water partition coefficient (Wildman–Crippen LogP) is 2.71. The van der Waals surface area contributed by atoms with Crippen LogP contribution < -0.4 is 5.32 Å². The molecule has 2 nitrogen and oxygen atoms in total. The van der Waals surface area contributed by atoms with E-state index in [1.54, 1.807) is 0 Å². The summed E-state index contributed by atoms with van der Waals surface area (Å²) in [6.07, 6.45) is 2.10. The molecule has 0 aromatic heterocycles. The lowest BCUT2D eigenvalue weighted by Crippen LogP contribution is -2.35. The highest BCUT2D eigenvalue weighted by Crippen LogP contribution is 2.13. The second-order valence-electron chi connectivity index (χ2n) is 4.30. The number of rotatable bonds is 4. The molecule has 0 rings (SSSR count). The molecule has 0 aliphatic rings. The maximum Gasteiger partial charge on any atom is 0.225 e. The van der Waals surface area contributed by atoms with Gasteiger partial charge in [-0.3, -0.25) is 4.79 Å². The van der Waals surface area contributed by atoms with Gasteiger partial charge in [-0.25, -0.2) is 0 Å². The molecular formula is C10H20BrNO. The fourth-order valence-electron chi connectivity index (χ4n) is 0.812. The van der Waals surface area contributed by atoms with Gasteiger partial charge in [-0.05, 0) is 12.8 Å². The van der Waals surface area contributed by atoms with Crippen molar-refractivity contribution in [3.63, 3.8) is 0 Å². The van der Waals surface area contributed by atoms with Crippen LogP contribution in [0.4, 0.5) is 0 Å². The minimum absolute atomic E-state index is 0.128. The van der Waals surface area contributed by atoms with E-state index in [-0.39, 0.29) is 11.3 Å². The van der Waals surface area contributed by atoms with Crippen LogP contribution in [0, 0.1) is 5.41 Å². The standard InChI is InChI=1S/C10H20BrNO/c1-5-8(11)6-7-12-9(13)10(2,3)4/h8H,5-7H2,1-4H3,(H,12,13). The van der Waals surface area contributed by atoms with Crippen molar-refractivity contribution in [3.8, 4) is 0 Å². The third-order valence-corrected chi connectivity index (χ3v) is 2.97. The monoisotopic (exact) mass is 249 g/mol. The third-order valence-electron chi connectivity index (χ3n) is 1.87. The quantitative estimate of drug-likeness (QED) is 0.763. The van der Waals surface area contributed by atoms with Gasteiger partial charge >= 0.3 is 0 Å². The third kappa shape index (κ3) is 6.08. The van der Waals surface area contributed by atoms with E-state index < -0.39 is 0 Å². The number of amides is 1. The Morgan fingerprint density at radius 2 is 2.00 bits per heavy atom. The molecule has 0 bridgehead atoms. The minimum atomic E-state index is -0.270. The van der Waals surface area contributed by atoms with Crippen molar-refractivity contribution in [2.24, 2.45) is 5.41 Å². The molecule has 1 unspecified atom stereocenters. The predicted molar refractivity (Wildman–Crippen MR) is 60.1 cm³/mol. The van der Waals surface area contributed by atoms with E-state index in [0.29, 0.717) is 4.83 Å². The Morgan fingerprint density at radius 3 is 2.38 bits per heavy atom. The van der Waals surface area contributed by atoms with Crippen LogP contribution in [0.15, 0.2) is 0 Å². The van der Waals surface area contributed by atoms with E-state index in [4.69, 9.17) is 0 Å². The Labute approximate surface area is 89.6 Å². The molecule has 0 aliphatic carbocycles. The van der Waals surface area contributed by atoms with Crippen LogP contribution in [-0.4, -0.2) is 17.3 Å². The van der Waals surface area contributed by atoms with Gasteiger partial charge in [0, 0.05) is 16.8 Å². The second-order valence-corrected chi connectivity index (χ2v) is 5.60. The van der Waals surface area contributed by atoms with E-state index in [0.717, 1.165) is 19.4 Å². The molecular weight excluding hydrogens is 230 g/mol. The molecule has 0 heterocycles. The summed E-state index contributed by atoms with van der Waals surface area (Å²) < 4.78 is 0. The van der Waals surface area contributed by atoms with Crippen LogP contribution in [0.25, 0.3) is 0 Å². The van der Waals surface area contributed by atoms with Gasteiger partial charge in [0.15, 0.2) is 0 Å². The smallest absolute Gasteiger partial charge is 0.225 e. The Balaban J connectivity index is 3.60. The van der Waals surface area contributed by atoms with Crippen LogP contribution in [0.2, 0.25) is 0 Å². The zero-order valence-electron chi connectivity index (χ0n) is 8.98. The second kappa shape index (κ2) is 5.63. The summed E-state index contributed by atoms with van der Waals surface area (Å²) in [6, 6.07) is 0. The Kier molecular flexibility index (Phi) is 5.61. The van der Waals surface area contributed by atoms with Crippen LogP contribution in [0.5, 0.6) is 0 Å². The van der Waals surface area contributed by atoms with E-state index >= 15 is 0 Å². The summed E-state index contributed by atoms with van der Waals surface area (Å²) >= 11 is 3.53.